The molecule has 0 radical (unpaired) electrons. The maximum Gasteiger partial charge on any atom is 0.317 e. The summed E-state index contributed by atoms with van der Waals surface area (Å²) in [4.78, 5) is 26.7. The lowest BCUT2D eigenvalue weighted by atomic mass is 9.98. The van der Waals surface area contributed by atoms with Crippen LogP contribution in [-0.4, -0.2) is 46.8 Å². The van der Waals surface area contributed by atoms with Crippen LogP contribution in [0.2, 0.25) is 0 Å². The van der Waals surface area contributed by atoms with Gasteiger partial charge >= 0.3 is 6.03 Å². The van der Waals surface area contributed by atoms with E-state index in [0.29, 0.717) is 29.6 Å². The summed E-state index contributed by atoms with van der Waals surface area (Å²) in [5.41, 5.74) is 1.12. The lowest BCUT2D eigenvalue weighted by molar-refractivity contribution is 0.167. The van der Waals surface area contributed by atoms with Crippen molar-refractivity contribution in [2.45, 2.75) is 31.2 Å². The molecule has 7 nitrogen and oxygen atoms in total. The van der Waals surface area contributed by atoms with E-state index in [-0.39, 0.29) is 17.6 Å². The van der Waals surface area contributed by atoms with E-state index >= 15 is 0 Å². The van der Waals surface area contributed by atoms with Crippen LogP contribution in [0.1, 0.15) is 30.7 Å². The van der Waals surface area contributed by atoms with Crippen molar-refractivity contribution >= 4 is 22.6 Å². The van der Waals surface area contributed by atoms with Gasteiger partial charge in [0.1, 0.15) is 0 Å². The van der Waals surface area contributed by atoms with Crippen LogP contribution in [-0.2, 0) is 0 Å². The summed E-state index contributed by atoms with van der Waals surface area (Å²) in [5, 5.41) is 14.8. The first-order valence-corrected chi connectivity index (χ1v) is 11.0. The predicted molar refractivity (Wildman–Crippen MR) is 121 cm³/mol. The first kappa shape index (κ1) is 19.6. The Labute approximate surface area is 180 Å². The fourth-order valence-electron chi connectivity index (χ4n) is 4.58. The van der Waals surface area contributed by atoms with Gasteiger partial charge in [-0.15, -0.1) is 0 Å². The number of benzene rings is 2. The van der Waals surface area contributed by atoms with Gasteiger partial charge in [0.25, 0.3) is 5.56 Å². The number of carbonyl (C=O) groups excluding carboxylic acids is 1. The smallest absolute Gasteiger partial charge is 0.317 e. The molecule has 1 saturated carbocycles. The number of nitrogens with one attached hydrogen (secondary N) is 3. The minimum atomic E-state index is -0.185. The zero-order chi connectivity index (χ0) is 21.2. The number of rotatable bonds is 5. The van der Waals surface area contributed by atoms with Crippen molar-refractivity contribution in [3.63, 3.8) is 0 Å². The van der Waals surface area contributed by atoms with Gasteiger partial charge in [0.15, 0.2) is 5.82 Å². The molecule has 31 heavy (non-hydrogen) atoms. The minimum Gasteiger partial charge on any atom is -0.368 e. The molecule has 1 aliphatic heterocycles. The number of carbonyl (C=O) groups is 1. The molecular formula is C24H27N5O2. The number of hydrogen-bond acceptors (Lipinski definition) is 4. The molecular weight excluding hydrogens is 390 g/mol. The number of aromatic nitrogens is 2. The maximum atomic E-state index is 12.8. The molecule has 2 fully saturated rings. The molecule has 0 spiro atoms. The van der Waals surface area contributed by atoms with Gasteiger partial charge in [0.05, 0.1) is 5.39 Å². The highest BCUT2D eigenvalue weighted by Crippen LogP contribution is 2.40. The Morgan fingerprint density at radius 2 is 1.87 bits per heavy atom. The highest BCUT2D eigenvalue weighted by Gasteiger charge is 2.40. The van der Waals surface area contributed by atoms with Gasteiger partial charge in [0.2, 0.25) is 0 Å². The summed E-state index contributed by atoms with van der Waals surface area (Å²) in [6.07, 6.45) is 3.07. The van der Waals surface area contributed by atoms with Gasteiger partial charge in [-0.1, -0.05) is 48.5 Å². The summed E-state index contributed by atoms with van der Waals surface area (Å²) in [5.74, 6) is 1.46. The van der Waals surface area contributed by atoms with Crippen LogP contribution in [0, 0.1) is 5.92 Å². The first-order valence-electron chi connectivity index (χ1n) is 11.0. The number of amides is 2. The largest absolute Gasteiger partial charge is 0.368 e. The fourth-order valence-corrected chi connectivity index (χ4v) is 4.58. The molecule has 0 bridgehead atoms. The summed E-state index contributed by atoms with van der Waals surface area (Å²) < 4.78 is 0. The Hall–Kier alpha value is -3.35. The number of aromatic amines is 1. The zero-order valence-electron chi connectivity index (χ0n) is 17.4. The van der Waals surface area contributed by atoms with Crippen LogP contribution < -0.4 is 16.2 Å². The van der Waals surface area contributed by atoms with E-state index in [1.807, 2.05) is 29.2 Å². The highest BCUT2D eigenvalue weighted by molar-refractivity contribution is 5.90. The molecule has 1 aromatic heterocycles. The summed E-state index contributed by atoms with van der Waals surface area (Å²) in [6.45, 7) is 2.23. The Morgan fingerprint density at radius 3 is 2.71 bits per heavy atom. The lowest BCUT2D eigenvalue weighted by Crippen LogP contribution is -2.47. The Morgan fingerprint density at radius 1 is 1.10 bits per heavy atom. The molecule has 3 N–H and O–H groups in total. The van der Waals surface area contributed by atoms with Gasteiger partial charge in [-0.2, -0.15) is 5.10 Å². The number of hydrogen-bond donors (Lipinski definition) is 3. The van der Waals surface area contributed by atoms with Crippen LogP contribution in [0.4, 0.5) is 10.6 Å². The molecule has 160 valence electrons. The molecule has 3 unspecified atom stereocenters. The normalized spacial score (nSPS) is 22.8. The fraction of sp³-hybridized carbons (Fsp3) is 0.375. The number of nitrogens with zero attached hydrogens (tertiary/aromatic N) is 2. The third-order valence-electron chi connectivity index (χ3n) is 6.39. The Kier molecular flexibility index (Phi) is 5.32. The lowest BCUT2D eigenvalue weighted by Gasteiger charge is -2.33. The molecule has 7 heteroatoms. The molecule has 2 heterocycles. The molecule has 2 aromatic carbocycles. The van der Waals surface area contributed by atoms with E-state index in [4.69, 9.17) is 0 Å². The van der Waals surface area contributed by atoms with Gasteiger partial charge < -0.3 is 15.5 Å². The summed E-state index contributed by atoms with van der Waals surface area (Å²) in [6, 6.07) is 18.1. The van der Waals surface area contributed by atoms with Crippen LogP contribution in [0.3, 0.4) is 0 Å². The van der Waals surface area contributed by atoms with E-state index in [1.54, 1.807) is 6.07 Å². The predicted octanol–water partition coefficient (Wildman–Crippen LogP) is 3.31. The zero-order valence-corrected chi connectivity index (χ0v) is 17.4. The Balaban J connectivity index is 1.16. The number of piperidine rings is 1. The molecule has 2 amide bonds. The molecule has 3 atom stereocenters. The van der Waals surface area contributed by atoms with Gasteiger partial charge in [0, 0.05) is 37.0 Å². The highest BCUT2D eigenvalue weighted by atomic mass is 16.2. The molecule has 3 aromatic rings. The first-order chi connectivity index (χ1) is 15.2. The summed E-state index contributed by atoms with van der Waals surface area (Å²) in [7, 11) is 0. The molecule has 2 aliphatic rings. The third-order valence-corrected chi connectivity index (χ3v) is 6.39. The van der Waals surface area contributed by atoms with E-state index < -0.39 is 0 Å². The minimum absolute atomic E-state index is 0.0424. The molecule has 1 aliphatic carbocycles. The van der Waals surface area contributed by atoms with Gasteiger partial charge in [-0.3, -0.25) is 4.79 Å². The van der Waals surface area contributed by atoms with Crippen LogP contribution >= 0.6 is 0 Å². The number of likely N-dealkylation sites (tertiary alicyclic amines) is 1. The van der Waals surface area contributed by atoms with E-state index in [1.165, 1.54) is 5.56 Å². The average molecular weight is 418 g/mol. The monoisotopic (exact) mass is 417 g/mol. The Bertz CT molecular complexity index is 1130. The molecule has 1 saturated heterocycles. The van der Waals surface area contributed by atoms with Crippen molar-refractivity contribution in [1.82, 2.24) is 20.4 Å². The number of anilines is 1. The van der Waals surface area contributed by atoms with Crippen molar-refractivity contribution in [3.8, 4) is 0 Å². The topological polar surface area (TPSA) is 90.1 Å². The average Bonchev–Trinajstić information content (AvgIpc) is 3.59. The van der Waals surface area contributed by atoms with Crippen molar-refractivity contribution < 1.29 is 4.79 Å². The van der Waals surface area contributed by atoms with Crippen LogP contribution in [0.5, 0.6) is 0 Å². The third kappa shape index (κ3) is 4.26. The van der Waals surface area contributed by atoms with Crippen molar-refractivity contribution in [2.75, 3.05) is 25.0 Å². The standard InChI is InChI=1S/C24H27N5O2/c30-23-19-11-5-4-10-18(19)22(27-28-23)25-14-16-7-6-12-29(15-16)24(31)26-21-13-20(21)17-8-2-1-3-9-17/h1-5,8-11,16,20-21H,6-7,12-15H2,(H,25,27)(H,26,31)(H,28,30). The molecule has 5 rings (SSSR count). The number of urea groups is 1. The van der Waals surface area contributed by atoms with Crippen molar-refractivity contribution in [3.05, 3.63) is 70.5 Å². The van der Waals surface area contributed by atoms with Crippen LogP contribution in [0.25, 0.3) is 10.8 Å². The number of H-pyrrole nitrogens is 1. The van der Waals surface area contributed by atoms with Crippen molar-refractivity contribution in [2.24, 2.45) is 5.92 Å². The van der Waals surface area contributed by atoms with Gasteiger partial charge in [-0.25, -0.2) is 9.89 Å². The second-order valence-electron chi connectivity index (χ2n) is 8.59. The maximum absolute atomic E-state index is 12.8. The van der Waals surface area contributed by atoms with Gasteiger partial charge in [-0.05, 0) is 36.8 Å². The number of fused-ring (bicyclic) bond motifs is 1. The second kappa shape index (κ2) is 8.41. The van der Waals surface area contributed by atoms with E-state index in [2.05, 4.69) is 45.1 Å². The second-order valence-corrected chi connectivity index (χ2v) is 8.59. The quantitative estimate of drug-likeness (QED) is 0.594. The van der Waals surface area contributed by atoms with Crippen LogP contribution in [0.15, 0.2) is 59.4 Å². The SMILES string of the molecule is O=C(NC1CC1c1ccccc1)N1CCCC(CNc2n[nH]c(=O)c3ccccc23)C1. The van der Waals surface area contributed by atoms with E-state index in [0.717, 1.165) is 37.7 Å². The van der Waals surface area contributed by atoms with Crippen molar-refractivity contribution in [1.29, 1.82) is 0 Å². The summed E-state index contributed by atoms with van der Waals surface area (Å²) >= 11 is 0. The van der Waals surface area contributed by atoms with E-state index in [9.17, 15) is 9.59 Å².